The first-order valence-corrected chi connectivity index (χ1v) is 6.13. The molecule has 0 radical (unpaired) electrons. The van der Waals surface area contributed by atoms with Gasteiger partial charge in [-0.2, -0.15) is 0 Å². The topological polar surface area (TPSA) is 68.9 Å². The Morgan fingerprint density at radius 2 is 1.58 bits per heavy atom. The van der Waals surface area contributed by atoms with Gasteiger partial charge in [-0.3, -0.25) is 14.8 Å². The second-order valence-corrected chi connectivity index (χ2v) is 5.09. The Bertz CT molecular complexity index is 513. The molecule has 2 heterocycles. The van der Waals surface area contributed by atoms with Crippen LogP contribution in [0, 0.1) is 5.41 Å². The number of aromatic nitrogens is 2. The molecule has 0 atom stereocenters. The summed E-state index contributed by atoms with van der Waals surface area (Å²) < 4.78 is 0. The van der Waals surface area contributed by atoms with Gasteiger partial charge in [0.25, 0.3) is 0 Å². The molecule has 4 nitrogen and oxygen atoms in total. The predicted molar refractivity (Wildman–Crippen MR) is 73.3 cm³/mol. The minimum absolute atomic E-state index is 0.160. The van der Waals surface area contributed by atoms with Gasteiger partial charge in [-0.05, 0) is 23.3 Å². The van der Waals surface area contributed by atoms with E-state index in [9.17, 15) is 4.79 Å². The number of primary amides is 1. The first kappa shape index (κ1) is 13.2. The monoisotopic (exact) mass is 255 g/mol. The second kappa shape index (κ2) is 5.18. The summed E-state index contributed by atoms with van der Waals surface area (Å²) in [5.74, 6) is -0.502. The van der Waals surface area contributed by atoms with Crippen molar-refractivity contribution in [2.45, 2.75) is 19.8 Å². The molecular formula is C15H17N3O. The Hall–Kier alpha value is -2.23. The van der Waals surface area contributed by atoms with Crippen LogP contribution in [-0.2, 0) is 4.79 Å². The first-order chi connectivity index (χ1) is 9.03. The number of rotatable bonds is 4. The Kier molecular flexibility index (Phi) is 3.60. The van der Waals surface area contributed by atoms with Crippen LogP contribution in [0.3, 0.4) is 0 Å². The average Bonchev–Trinajstić information content (AvgIpc) is 2.41. The summed E-state index contributed by atoms with van der Waals surface area (Å²) in [6.07, 6.45) is 6.95. The molecule has 0 aliphatic carbocycles. The summed E-state index contributed by atoms with van der Waals surface area (Å²) in [5, 5.41) is 0. The molecule has 0 aliphatic rings. The SMILES string of the molecule is CC(C)(C(N)=O)C(c1cccnc1)c1cccnc1. The van der Waals surface area contributed by atoms with E-state index in [1.807, 2.05) is 38.1 Å². The van der Waals surface area contributed by atoms with Crippen molar-refractivity contribution in [2.75, 3.05) is 0 Å². The molecule has 0 fully saturated rings. The molecular weight excluding hydrogens is 238 g/mol. The average molecular weight is 255 g/mol. The van der Waals surface area contributed by atoms with Crippen LogP contribution >= 0.6 is 0 Å². The maximum Gasteiger partial charge on any atom is 0.224 e. The van der Waals surface area contributed by atoms with E-state index in [0.717, 1.165) is 11.1 Å². The van der Waals surface area contributed by atoms with Gasteiger partial charge in [-0.15, -0.1) is 0 Å². The maximum absolute atomic E-state index is 11.8. The van der Waals surface area contributed by atoms with Crippen LogP contribution in [0.1, 0.15) is 30.9 Å². The lowest BCUT2D eigenvalue weighted by Crippen LogP contribution is -2.37. The second-order valence-electron chi connectivity index (χ2n) is 5.09. The van der Waals surface area contributed by atoms with E-state index in [0.29, 0.717) is 0 Å². The van der Waals surface area contributed by atoms with Crippen molar-refractivity contribution in [3.8, 4) is 0 Å². The minimum Gasteiger partial charge on any atom is -0.369 e. The third-order valence-corrected chi connectivity index (χ3v) is 3.39. The van der Waals surface area contributed by atoms with Crippen molar-refractivity contribution in [3.63, 3.8) is 0 Å². The number of amides is 1. The minimum atomic E-state index is -0.716. The summed E-state index contributed by atoms with van der Waals surface area (Å²) in [5.41, 5.74) is 6.77. The Balaban J connectivity index is 2.55. The summed E-state index contributed by atoms with van der Waals surface area (Å²) in [6, 6.07) is 7.62. The van der Waals surface area contributed by atoms with Gasteiger partial charge in [0.05, 0.1) is 5.41 Å². The van der Waals surface area contributed by atoms with Gasteiger partial charge in [0.15, 0.2) is 0 Å². The van der Waals surface area contributed by atoms with Gasteiger partial charge >= 0.3 is 0 Å². The van der Waals surface area contributed by atoms with Crippen molar-refractivity contribution in [1.82, 2.24) is 9.97 Å². The van der Waals surface area contributed by atoms with E-state index in [2.05, 4.69) is 9.97 Å². The summed E-state index contributed by atoms with van der Waals surface area (Å²) in [7, 11) is 0. The van der Waals surface area contributed by atoms with Gasteiger partial charge in [-0.25, -0.2) is 0 Å². The summed E-state index contributed by atoms with van der Waals surface area (Å²) in [4.78, 5) is 20.1. The van der Waals surface area contributed by atoms with Gasteiger partial charge < -0.3 is 5.73 Å². The van der Waals surface area contributed by atoms with Gasteiger partial charge in [0, 0.05) is 30.7 Å². The summed E-state index contributed by atoms with van der Waals surface area (Å²) in [6.45, 7) is 3.69. The lowest BCUT2D eigenvalue weighted by molar-refractivity contribution is -0.126. The number of nitrogens with two attached hydrogens (primary N) is 1. The normalized spacial score (nSPS) is 11.5. The van der Waals surface area contributed by atoms with Crippen LogP contribution in [0.25, 0.3) is 0 Å². The third kappa shape index (κ3) is 2.62. The van der Waals surface area contributed by atoms with Crippen LogP contribution in [0.2, 0.25) is 0 Å². The van der Waals surface area contributed by atoms with Crippen LogP contribution in [0.4, 0.5) is 0 Å². The molecule has 0 bridgehead atoms. The zero-order valence-corrected chi connectivity index (χ0v) is 11.1. The number of carbonyl (C=O) groups excluding carboxylic acids is 1. The molecule has 2 aromatic heterocycles. The third-order valence-electron chi connectivity index (χ3n) is 3.39. The molecule has 2 aromatic rings. The largest absolute Gasteiger partial charge is 0.369 e. The van der Waals surface area contributed by atoms with Crippen molar-refractivity contribution in [2.24, 2.45) is 11.1 Å². The number of nitrogens with zero attached hydrogens (tertiary/aromatic N) is 2. The molecule has 0 aromatic carbocycles. The quantitative estimate of drug-likeness (QED) is 0.909. The molecule has 0 aliphatic heterocycles. The number of hydrogen-bond acceptors (Lipinski definition) is 3. The highest BCUT2D eigenvalue weighted by molar-refractivity contribution is 5.82. The fraction of sp³-hybridized carbons (Fsp3) is 0.267. The van der Waals surface area contributed by atoms with E-state index < -0.39 is 5.41 Å². The first-order valence-electron chi connectivity index (χ1n) is 6.13. The molecule has 0 unspecified atom stereocenters. The molecule has 0 saturated heterocycles. The number of carbonyl (C=O) groups is 1. The Labute approximate surface area is 112 Å². The molecule has 2 N–H and O–H groups in total. The van der Waals surface area contributed by atoms with Crippen LogP contribution in [0.15, 0.2) is 49.1 Å². The van der Waals surface area contributed by atoms with Gasteiger partial charge in [0.1, 0.15) is 0 Å². The zero-order chi connectivity index (χ0) is 13.9. The number of pyridine rings is 2. The molecule has 0 saturated carbocycles. The van der Waals surface area contributed by atoms with Crippen molar-refractivity contribution in [1.29, 1.82) is 0 Å². The van der Waals surface area contributed by atoms with E-state index in [1.165, 1.54) is 0 Å². The highest BCUT2D eigenvalue weighted by Gasteiger charge is 2.37. The molecule has 19 heavy (non-hydrogen) atoms. The van der Waals surface area contributed by atoms with E-state index in [-0.39, 0.29) is 11.8 Å². The van der Waals surface area contributed by atoms with Crippen LogP contribution < -0.4 is 5.73 Å². The van der Waals surface area contributed by atoms with E-state index in [4.69, 9.17) is 5.73 Å². The van der Waals surface area contributed by atoms with E-state index >= 15 is 0 Å². The lowest BCUT2D eigenvalue weighted by atomic mass is 9.71. The predicted octanol–water partition coefficient (Wildman–Crippen LogP) is 2.12. The van der Waals surface area contributed by atoms with Crippen LogP contribution in [0.5, 0.6) is 0 Å². The molecule has 1 amide bonds. The number of hydrogen-bond donors (Lipinski definition) is 1. The summed E-state index contributed by atoms with van der Waals surface area (Å²) >= 11 is 0. The smallest absolute Gasteiger partial charge is 0.224 e. The Morgan fingerprint density at radius 1 is 1.11 bits per heavy atom. The van der Waals surface area contributed by atoms with Gasteiger partial charge in [0.2, 0.25) is 5.91 Å². The maximum atomic E-state index is 11.8. The zero-order valence-electron chi connectivity index (χ0n) is 11.1. The molecule has 0 spiro atoms. The van der Waals surface area contributed by atoms with Crippen LogP contribution in [-0.4, -0.2) is 15.9 Å². The Morgan fingerprint density at radius 3 is 1.89 bits per heavy atom. The van der Waals surface area contributed by atoms with Crippen molar-refractivity contribution >= 4 is 5.91 Å². The molecule has 4 heteroatoms. The molecule has 98 valence electrons. The fourth-order valence-electron chi connectivity index (χ4n) is 2.26. The standard InChI is InChI=1S/C15H17N3O/c1-15(2,14(16)19)13(11-5-3-7-17-9-11)12-6-4-8-18-10-12/h3-10,13H,1-2H3,(H2,16,19). The highest BCUT2D eigenvalue weighted by atomic mass is 16.1. The lowest BCUT2D eigenvalue weighted by Gasteiger charge is -2.31. The van der Waals surface area contributed by atoms with Gasteiger partial charge in [-0.1, -0.05) is 26.0 Å². The highest BCUT2D eigenvalue weighted by Crippen LogP contribution is 2.40. The van der Waals surface area contributed by atoms with Crippen molar-refractivity contribution in [3.05, 3.63) is 60.2 Å². The van der Waals surface area contributed by atoms with Crippen molar-refractivity contribution < 1.29 is 4.79 Å². The molecule has 2 rings (SSSR count). The van der Waals surface area contributed by atoms with E-state index in [1.54, 1.807) is 24.8 Å². The fourth-order valence-corrected chi connectivity index (χ4v) is 2.26.